The lowest BCUT2D eigenvalue weighted by atomic mass is 10.3. The minimum atomic E-state index is -4.49. The van der Waals surface area contributed by atoms with Crippen LogP contribution in [0.4, 0.5) is 13.2 Å². The number of morpholine rings is 1. The van der Waals surface area contributed by atoms with E-state index in [1.54, 1.807) is 0 Å². The molecule has 1 aromatic heterocycles. The van der Waals surface area contributed by atoms with Crippen LogP contribution in [0.25, 0.3) is 0 Å². The quantitative estimate of drug-likeness (QED) is 0.779. The number of nitrogens with zero attached hydrogens (tertiary/aromatic N) is 1. The van der Waals surface area contributed by atoms with Gasteiger partial charge in [0.05, 0.1) is 12.8 Å². The van der Waals surface area contributed by atoms with Crippen molar-refractivity contribution in [2.45, 2.75) is 12.3 Å². The van der Waals surface area contributed by atoms with Gasteiger partial charge in [-0.2, -0.15) is 13.2 Å². The fourth-order valence-electron chi connectivity index (χ4n) is 1.29. The molecule has 0 bridgehead atoms. The van der Waals surface area contributed by atoms with Gasteiger partial charge in [-0.1, -0.05) is 0 Å². The molecule has 1 N–H and O–H groups in total. The summed E-state index contributed by atoms with van der Waals surface area (Å²) in [6, 6.07) is 0. The van der Waals surface area contributed by atoms with Gasteiger partial charge in [0.2, 0.25) is 11.7 Å². The first-order valence-electron chi connectivity index (χ1n) is 4.42. The van der Waals surface area contributed by atoms with Gasteiger partial charge in [-0.25, -0.2) is 4.98 Å². The molecule has 1 aliphatic heterocycles. The van der Waals surface area contributed by atoms with Crippen molar-refractivity contribution in [3.05, 3.63) is 17.8 Å². The number of aromatic nitrogens is 1. The van der Waals surface area contributed by atoms with E-state index in [0.717, 1.165) is 0 Å². The van der Waals surface area contributed by atoms with Crippen molar-refractivity contribution in [2.75, 3.05) is 19.7 Å². The molecule has 0 radical (unpaired) electrons. The minimum absolute atomic E-state index is 0.0328. The molecule has 1 fully saturated rings. The Hall–Kier alpha value is -1.08. The summed E-state index contributed by atoms with van der Waals surface area (Å²) in [7, 11) is 0. The Labute approximate surface area is 83.4 Å². The van der Waals surface area contributed by atoms with Crippen LogP contribution in [-0.2, 0) is 10.9 Å². The zero-order chi connectivity index (χ0) is 10.9. The third-order valence-corrected chi connectivity index (χ3v) is 2.01. The lowest BCUT2D eigenvalue weighted by Gasteiger charge is -2.20. The summed E-state index contributed by atoms with van der Waals surface area (Å²) in [4.78, 5) is 3.55. The van der Waals surface area contributed by atoms with Crippen LogP contribution in [0, 0.1) is 0 Å². The molecule has 0 spiro atoms. The first-order chi connectivity index (χ1) is 7.07. The fourth-order valence-corrected chi connectivity index (χ4v) is 1.29. The zero-order valence-electron chi connectivity index (χ0n) is 7.67. The van der Waals surface area contributed by atoms with Gasteiger partial charge in [0, 0.05) is 13.1 Å². The molecular weight excluding hydrogens is 213 g/mol. The van der Waals surface area contributed by atoms with E-state index in [4.69, 9.17) is 4.74 Å². The van der Waals surface area contributed by atoms with E-state index < -0.39 is 18.0 Å². The highest BCUT2D eigenvalue weighted by Crippen LogP contribution is 2.31. The molecule has 7 heteroatoms. The Bertz CT molecular complexity index is 331. The lowest BCUT2D eigenvalue weighted by Crippen LogP contribution is -2.33. The highest BCUT2D eigenvalue weighted by Gasteiger charge is 2.36. The number of ether oxygens (including phenoxy) is 1. The Balaban J connectivity index is 2.12. The van der Waals surface area contributed by atoms with Gasteiger partial charge in [0.15, 0.2) is 0 Å². The van der Waals surface area contributed by atoms with E-state index in [2.05, 4.69) is 14.7 Å². The maximum absolute atomic E-state index is 12.2. The lowest BCUT2D eigenvalue weighted by molar-refractivity contribution is -0.154. The monoisotopic (exact) mass is 222 g/mol. The van der Waals surface area contributed by atoms with Crippen LogP contribution in [-0.4, -0.2) is 24.7 Å². The molecule has 15 heavy (non-hydrogen) atoms. The fraction of sp³-hybridized carbons (Fsp3) is 0.625. The maximum Gasteiger partial charge on any atom is 0.451 e. The number of hydrogen-bond acceptors (Lipinski definition) is 4. The van der Waals surface area contributed by atoms with Gasteiger partial charge in [-0.05, 0) is 0 Å². The van der Waals surface area contributed by atoms with Crippen LogP contribution in [0.2, 0.25) is 0 Å². The molecule has 84 valence electrons. The van der Waals surface area contributed by atoms with Gasteiger partial charge in [-0.15, -0.1) is 0 Å². The Morgan fingerprint density at radius 2 is 2.27 bits per heavy atom. The Kier molecular flexibility index (Phi) is 2.66. The smallest absolute Gasteiger partial charge is 0.433 e. The largest absolute Gasteiger partial charge is 0.451 e. The van der Waals surface area contributed by atoms with E-state index in [1.807, 2.05) is 0 Å². The van der Waals surface area contributed by atoms with Crippen LogP contribution in [0.15, 0.2) is 10.6 Å². The second-order valence-electron chi connectivity index (χ2n) is 3.12. The van der Waals surface area contributed by atoms with E-state index in [9.17, 15) is 13.2 Å². The van der Waals surface area contributed by atoms with Crippen molar-refractivity contribution in [3.8, 4) is 0 Å². The number of alkyl halides is 3. The molecule has 2 heterocycles. The van der Waals surface area contributed by atoms with E-state index in [0.29, 0.717) is 25.9 Å². The predicted molar refractivity (Wildman–Crippen MR) is 43.1 cm³/mol. The van der Waals surface area contributed by atoms with E-state index >= 15 is 0 Å². The molecule has 0 saturated carbocycles. The molecular formula is C8H9F3N2O2. The molecule has 2 rings (SSSR count). The van der Waals surface area contributed by atoms with Crippen LogP contribution < -0.4 is 5.32 Å². The van der Waals surface area contributed by atoms with Crippen LogP contribution in [0.1, 0.15) is 17.8 Å². The van der Waals surface area contributed by atoms with Crippen LogP contribution in [0.3, 0.4) is 0 Å². The molecule has 0 aliphatic carbocycles. The van der Waals surface area contributed by atoms with Gasteiger partial charge in [0.25, 0.3) is 0 Å². The highest BCUT2D eigenvalue weighted by molar-refractivity contribution is 5.01. The molecule has 1 aromatic rings. The molecule has 1 unspecified atom stereocenters. The summed E-state index contributed by atoms with van der Waals surface area (Å²) in [5.74, 6) is -1.12. The number of halogens is 3. The summed E-state index contributed by atoms with van der Waals surface area (Å²) in [5.41, 5.74) is 0. The second kappa shape index (κ2) is 3.82. The number of hydrogen-bond donors (Lipinski definition) is 1. The van der Waals surface area contributed by atoms with Crippen molar-refractivity contribution >= 4 is 0 Å². The molecule has 1 saturated heterocycles. The topological polar surface area (TPSA) is 47.3 Å². The third-order valence-electron chi connectivity index (χ3n) is 2.01. The predicted octanol–water partition coefficient (Wildman–Crippen LogP) is 1.35. The summed E-state index contributed by atoms with van der Waals surface area (Å²) in [5, 5.41) is 2.98. The van der Waals surface area contributed by atoms with Gasteiger partial charge in [-0.3, -0.25) is 0 Å². The van der Waals surface area contributed by atoms with Crippen molar-refractivity contribution in [1.82, 2.24) is 10.3 Å². The van der Waals surface area contributed by atoms with Crippen molar-refractivity contribution in [1.29, 1.82) is 0 Å². The minimum Gasteiger partial charge on any atom is -0.433 e. The molecule has 4 nitrogen and oxygen atoms in total. The average Bonchev–Trinajstić information content (AvgIpc) is 2.67. The summed E-state index contributed by atoms with van der Waals surface area (Å²) < 4.78 is 46.3. The SMILES string of the molecule is FC(F)(F)c1cnc(C2CNCCO2)o1. The van der Waals surface area contributed by atoms with Gasteiger partial charge < -0.3 is 14.5 Å². The molecule has 1 aliphatic rings. The molecule has 0 amide bonds. The summed E-state index contributed by atoms with van der Waals surface area (Å²) in [6.07, 6.45) is -4.35. The highest BCUT2D eigenvalue weighted by atomic mass is 19.4. The molecule has 0 aromatic carbocycles. The Morgan fingerprint density at radius 3 is 2.80 bits per heavy atom. The summed E-state index contributed by atoms with van der Waals surface area (Å²) >= 11 is 0. The van der Waals surface area contributed by atoms with Gasteiger partial charge >= 0.3 is 6.18 Å². The zero-order valence-corrected chi connectivity index (χ0v) is 7.67. The normalized spacial score (nSPS) is 23.0. The van der Waals surface area contributed by atoms with Crippen molar-refractivity contribution in [3.63, 3.8) is 0 Å². The van der Waals surface area contributed by atoms with E-state index in [-0.39, 0.29) is 5.89 Å². The average molecular weight is 222 g/mol. The van der Waals surface area contributed by atoms with Crippen molar-refractivity contribution in [2.24, 2.45) is 0 Å². The van der Waals surface area contributed by atoms with E-state index in [1.165, 1.54) is 0 Å². The second-order valence-corrected chi connectivity index (χ2v) is 3.12. The number of rotatable bonds is 1. The third kappa shape index (κ3) is 2.29. The maximum atomic E-state index is 12.2. The molecule has 1 atom stereocenters. The van der Waals surface area contributed by atoms with Crippen molar-refractivity contribution < 1.29 is 22.3 Å². The van der Waals surface area contributed by atoms with Crippen LogP contribution in [0.5, 0.6) is 0 Å². The first-order valence-corrected chi connectivity index (χ1v) is 4.42. The number of nitrogens with one attached hydrogen (secondary N) is 1. The summed E-state index contributed by atoms with van der Waals surface area (Å²) in [6.45, 7) is 1.54. The first kappa shape index (κ1) is 10.4. The standard InChI is InChI=1S/C8H9F3N2O2/c9-8(10,11)6-4-13-7(15-6)5-3-12-1-2-14-5/h4-5,12H,1-3H2. The Morgan fingerprint density at radius 1 is 1.47 bits per heavy atom. The number of oxazole rings is 1. The van der Waals surface area contributed by atoms with Crippen LogP contribution >= 0.6 is 0 Å². The van der Waals surface area contributed by atoms with Gasteiger partial charge in [0.1, 0.15) is 6.10 Å².